The molecule has 0 fully saturated rings. The Morgan fingerprint density at radius 2 is 1.81 bits per heavy atom. The van der Waals surface area contributed by atoms with Gasteiger partial charge in [0, 0.05) is 12.3 Å². The molecule has 160 valence electrons. The summed E-state index contributed by atoms with van der Waals surface area (Å²) in [4.78, 5) is 36.1. The molecule has 0 radical (unpaired) electrons. The minimum atomic E-state index is -0.944. The number of hydrogen-bond acceptors (Lipinski definition) is 6. The summed E-state index contributed by atoms with van der Waals surface area (Å²) in [7, 11) is 0. The zero-order valence-electron chi connectivity index (χ0n) is 17.1. The summed E-state index contributed by atoms with van der Waals surface area (Å²) in [5.41, 5.74) is 1.06. The van der Waals surface area contributed by atoms with E-state index in [0.29, 0.717) is 0 Å². The van der Waals surface area contributed by atoms with Gasteiger partial charge in [0.05, 0.1) is 46.5 Å². The lowest BCUT2D eigenvalue weighted by Crippen LogP contribution is -2.31. The maximum Gasteiger partial charge on any atom is 0.308 e. The molecule has 0 saturated carbocycles. The fraction of sp³-hybridized carbons (Fsp3) is 0.227. The van der Waals surface area contributed by atoms with Gasteiger partial charge in [-0.1, -0.05) is 36.4 Å². The molecule has 1 unspecified atom stereocenters. The number of nitro groups is 1. The molecule has 9 nitrogen and oxygen atoms in total. The molecule has 0 saturated heterocycles. The second-order valence-corrected chi connectivity index (χ2v) is 7.09. The average molecular weight is 422 g/mol. The van der Waals surface area contributed by atoms with Crippen molar-refractivity contribution in [1.82, 2.24) is 15.1 Å². The molecule has 0 aliphatic heterocycles. The maximum atomic E-state index is 12.9. The number of carbonyl (C=O) groups is 2. The first kappa shape index (κ1) is 21.7. The first-order valence-electron chi connectivity index (χ1n) is 9.69. The summed E-state index contributed by atoms with van der Waals surface area (Å²) in [6.07, 6.45) is 2.35. The minimum Gasteiger partial charge on any atom is -0.463 e. The fourth-order valence-corrected chi connectivity index (χ4v) is 3.07. The second kappa shape index (κ2) is 9.66. The van der Waals surface area contributed by atoms with E-state index in [1.165, 1.54) is 24.4 Å². The molecule has 0 aliphatic carbocycles. The number of ether oxygens (including phenoxy) is 1. The lowest BCUT2D eigenvalue weighted by molar-refractivity contribution is -0.385. The molecule has 1 aromatic heterocycles. The van der Waals surface area contributed by atoms with Crippen molar-refractivity contribution in [2.75, 3.05) is 0 Å². The number of rotatable bonds is 8. The van der Waals surface area contributed by atoms with Crippen LogP contribution >= 0.6 is 0 Å². The number of para-hydroxylation sites is 2. The van der Waals surface area contributed by atoms with E-state index in [1.807, 2.05) is 30.3 Å². The Morgan fingerprint density at radius 3 is 2.48 bits per heavy atom. The van der Waals surface area contributed by atoms with Gasteiger partial charge in [0.25, 0.3) is 11.6 Å². The summed E-state index contributed by atoms with van der Waals surface area (Å²) in [5.74, 6) is -1.08. The van der Waals surface area contributed by atoms with Crippen molar-refractivity contribution in [3.8, 4) is 5.69 Å². The molecule has 0 spiro atoms. The number of aromatic nitrogens is 2. The van der Waals surface area contributed by atoms with Gasteiger partial charge in [-0.05, 0) is 26.0 Å². The van der Waals surface area contributed by atoms with Crippen LogP contribution in [0.1, 0.15) is 42.2 Å². The van der Waals surface area contributed by atoms with Gasteiger partial charge in [-0.25, -0.2) is 4.68 Å². The SMILES string of the molecule is CC(C)OC(=O)CC(NC(=O)c1cnn(-c2ccccc2)c1)c1ccccc1[N+](=O)[O-]. The number of amides is 1. The van der Waals surface area contributed by atoms with E-state index in [0.717, 1.165) is 5.69 Å². The van der Waals surface area contributed by atoms with Crippen LogP contribution in [0.4, 0.5) is 5.69 Å². The van der Waals surface area contributed by atoms with Crippen molar-refractivity contribution in [3.63, 3.8) is 0 Å². The molecular weight excluding hydrogens is 400 g/mol. The molecule has 0 bridgehead atoms. The van der Waals surface area contributed by atoms with Crippen LogP contribution in [0.2, 0.25) is 0 Å². The van der Waals surface area contributed by atoms with Crippen molar-refractivity contribution < 1.29 is 19.2 Å². The van der Waals surface area contributed by atoms with Crippen LogP contribution in [0.3, 0.4) is 0 Å². The summed E-state index contributed by atoms with van der Waals surface area (Å²) >= 11 is 0. The van der Waals surface area contributed by atoms with E-state index in [9.17, 15) is 19.7 Å². The topological polar surface area (TPSA) is 116 Å². The number of nitrogens with one attached hydrogen (secondary N) is 1. The summed E-state index contributed by atoms with van der Waals surface area (Å²) in [6.45, 7) is 3.41. The molecule has 3 rings (SSSR count). The predicted octanol–water partition coefficient (Wildman–Crippen LogP) is 3.59. The summed E-state index contributed by atoms with van der Waals surface area (Å²) < 4.78 is 6.72. The second-order valence-electron chi connectivity index (χ2n) is 7.09. The van der Waals surface area contributed by atoms with E-state index in [1.54, 1.807) is 30.8 Å². The highest BCUT2D eigenvalue weighted by molar-refractivity contribution is 5.94. The third-order valence-corrected chi connectivity index (χ3v) is 4.42. The van der Waals surface area contributed by atoms with Gasteiger partial charge < -0.3 is 10.1 Å². The van der Waals surface area contributed by atoms with Gasteiger partial charge in [-0.15, -0.1) is 0 Å². The molecule has 9 heteroatoms. The molecule has 2 aromatic carbocycles. The van der Waals surface area contributed by atoms with Crippen LogP contribution in [0.25, 0.3) is 5.69 Å². The third-order valence-electron chi connectivity index (χ3n) is 4.42. The highest BCUT2D eigenvalue weighted by atomic mass is 16.6. The van der Waals surface area contributed by atoms with Crippen LogP contribution in [-0.2, 0) is 9.53 Å². The number of esters is 1. The first-order valence-corrected chi connectivity index (χ1v) is 9.69. The van der Waals surface area contributed by atoms with Crippen molar-refractivity contribution in [3.05, 3.63) is 88.2 Å². The van der Waals surface area contributed by atoms with Crippen molar-refractivity contribution in [2.45, 2.75) is 32.4 Å². The molecular formula is C22H22N4O5. The molecule has 1 atom stereocenters. The predicted molar refractivity (Wildman–Crippen MR) is 113 cm³/mol. The number of nitro benzene ring substituents is 1. The number of nitrogens with zero attached hydrogens (tertiary/aromatic N) is 3. The van der Waals surface area contributed by atoms with E-state index in [2.05, 4.69) is 10.4 Å². The van der Waals surface area contributed by atoms with Crippen molar-refractivity contribution >= 4 is 17.6 Å². The van der Waals surface area contributed by atoms with Gasteiger partial charge in [0.1, 0.15) is 0 Å². The molecule has 1 heterocycles. The maximum absolute atomic E-state index is 12.9. The van der Waals surface area contributed by atoms with Gasteiger partial charge in [-0.3, -0.25) is 19.7 Å². The van der Waals surface area contributed by atoms with E-state index in [-0.39, 0.29) is 29.3 Å². The monoisotopic (exact) mass is 422 g/mol. The first-order chi connectivity index (χ1) is 14.8. The Bertz CT molecular complexity index is 1080. The Labute approximate surface area is 178 Å². The van der Waals surface area contributed by atoms with E-state index in [4.69, 9.17) is 4.74 Å². The number of carbonyl (C=O) groups excluding carboxylic acids is 2. The van der Waals surface area contributed by atoms with E-state index >= 15 is 0 Å². The van der Waals surface area contributed by atoms with Crippen molar-refractivity contribution in [2.24, 2.45) is 0 Å². The number of hydrogen-bond donors (Lipinski definition) is 1. The quantitative estimate of drug-likeness (QED) is 0.337. The zero-order chi connectivity index (χ0) is 22.4. The smallest absolute Gasteiger partial charge is 0.308 e. The normalized spacial score (nSPS) is 11.7. The van der Waals surface area contributed by atoms with Crippen LogP contribution in [0.15, 0.2) is 67.0 Å². The van der Waals surface area contributed by atoms with Gasteiger partial charge in [0.15, 0.2) is 0 Å². The van der Waals surface area contributed by atoms with Gasteiger partial charge in [-0.2, -0.15) is 5.10 Å². The molecule has 1 N–H and O–H groups in total. The Morgan fingerprint density at radius 1 is 1.13 bits per heavy atom. The van der Waals surface area contributed by atoms with Crippen LogP contribution in [0, 0.1) is 10.1 Å². The Balaban J connectivity index is 1.86. The zero-order valence-corrected chi connectivity index (χ0v) is 17.1. The molecule has 31 heavy (non-hydrogen) atoms. The van der Waals surface area contributed by atoms with Crippen LogP contribution in [-0.4, -0.2) is 32.7 Å². The Hall–Kier alpha value is -4.01. The fourth-order valence-electron chi connectivity index (χ4n) is 3.07. The summed E-state index contributed by atoms with van der Waals surface area (Å²) in [5, 5.41) is 18.4. The highest BCUT2D eigenvalue weighted by Gasteiger charge is 2.27. The molecule has 0 aliphatic rings. The largest absolute Gasteiger partial charge is 0.463 e. The Kier molecular flexibility index (Phi) is 6.76. The minimum absolute atomic E-state index is 0.190. The van der Waals surface area contributed by atoms with Crippen LogP contribution < -0.4 is 5.32 Å². The standard InChI is InChI=1S/C22H22N4O5/c1-15(2)31-21(27)12-19(18-10-6-7-11-20(18)26(29)30)24-22(28)16-13-23-25(14-16)17-8-4-3-5-9-17/h3-11,13-15,19H,12H2,1-2H3,(H,24,28). The lowest BCUT2D eigenvalue weighted by Gasteiger charge is -2.19. The van der Waals surface area contributed by atoms with Crippen LogP contribution in [0.5, 0.6) is 0 Å². The average Bonchev–Trinajstić information content (AvgIpc) is 3.24. The lowest BCUT2D eigenvalue weighted by atomic mass is 10.0. The van der Waals surface area contributed by atoms with Gasteiger partial charge in [0.2, 0.25) is 0 Å². The van der Waals surface area contributed by atoms with Gasteiger partial charge >= 0.3 is 5.97 Å². The van der Waals surface area contributed by atoms with Crippen molar-refractivity contribution in [1.29, 1.82) is 0 Å². The summed E-state index contributed by atoms with van der Waals surface area (Å²) in [6, 6.07) is 14.3. The highest BCUT2D eigenvalue weighted by Crippen LogP contribution is 2.28. The third kappa shape index (κ3) is 5.53. The molecule has 3 aromatic rings. The molecule has 1 amide bonds. The number of benzene rings is 2. The van der Waals surface area contributed by atoms with E-state index < -0.39 is 22.8 Å².